The molecule has 7 nitrogen and oxygen atoms in total. The molecule has 1 atom stereocenters. The lowest BCUT2D eigenvalue weighted by Crippen LogP contribution is -2.37. The third-order valence-corrected chi connectivity index (χ3v) is 4.48. The number of rotatable bonds is 9. The van der Waals surface area contributed by atoms with Gasteiger partial charge < -0.3 is 20.1 Å². The summed E-state index contributed by atoms with van der Waals surface area (Å²) in [4.78, 5) is 4.26. The molecule has 1 aliphatic rings. The van der Waals surface area contributed by atoms with E-state index in [1.54, 1.807) is 7.05 Å². The molecule has 3 rings (SSSR count). The summed E-state index contributed by atoms with van der Waals surface area (Å²) in [5.41, 5.74) is 2.15. The number of aromatic nitrogens is 2. The van der Waals surface area contributed by atoms with E-state index in [0.29, 0.717) is 12.5 Å². The lowest BCUT2D eigenvalue weighted by Gasteiger charge is -2.12. The molecule has 1 saturated heterocycles. The standard InChI is InChI=1S/C20H29N5O2.HI/c1-21-20(22-9-5-10-26-15-17-8-11-27-16-17)23-12-18-13-24-25(14-18)19-6-3-2-4-7-19;/h2-4,6-7,13-14,17H,5,8-12,15-16H2,1H3,(H2,21,22,23);1H. The fraction of sp³-hybridized carbons (Fsp3) is 0.500. The minimum atomic E-state index is 0. The van der Waals surface area contributed by atoms with Crippen LogP contribution in [0.1, 0.15) is 18.4 Å². The molecular formula is C20H30IN5O2. The Morgan fingerprint density at radius 1 is 1.32 bits per heavy atom. The number of nitrogens with zero attached hydrogens (tertiary/aromatic N) is 3. The van der Waals surface area contributed by atoms with E-state index < -0.39 is 0 Å². The number of halogens is 1. The van der Waals surface area contributed by atoms with Crippen molar-refractivity contribution in [1.29, 1.82) is 0 Å². The fourth-order valence-electron chi connectivity index (χ4n) is 2.93. The van der Waals surface area contributed by atoms with E-state index in [1.807, 2.05) is 47.4 Å². The second kappa shape index (κ2) is 12.7. The topological polar surface area (TPSA) is 72.7 Å². The second-order valence-corrected chi connectivity index (χ2v) is 6.64. The minimum Gasteiger partial charge on any atom is -0.381 e. The molecule has 8 heteroatoms. The molecule has 154 valence electrons. The van der Waals surface area contributed by atoms with Gasteiger partial charge in [0.1, 0.15) is 0 Å². The van der Waals surface area contributed by atoms with Gasteiger partial charge >= 0.3 is 0 Å². The van der Waals surface area contributed by atoms with Gasteiger partial charge in [0, 0.05) is 51.0 Å². The van der Waals surface area contributed by atoms with Crippen molar-refractivity contribution >= 4 is 29.9 Å². The van der Waals surface area contributed by atoms with Crippen LogP contribution in [0, 0.1) is 5.92 Å². The summed E-state index contributed by atoms with van der Waals surface area (Å²) < 4.78 is 12.9. The summed E-state index contributed by atoms with van der Waals surface area (Å²) in [7, 11) is 1.78. The molecule has 28 heavy (non-hydrogen) atoms. The van der Waals surface area contributed by atoms with E-state index in [1.165, 1.54) is 0 Å². The number of nitrogens with one attached hydrogen (secondary N) is 2. The normalized spacial score (nSPS) is 16.6. The highest BCUT2D eigenvalue weighted by Crippen LogP contribution is 2.12. The van der Waals surface area contributed by atoms with E-state index >= 15 is 0 Å². The third kappa shape index (κ3) is 7.40. The SMILES string of the molecule is CN=C(NCCCOCC1CCOC1)NCc1cnn(-c2ccccc2)c1.I. The molecule has 0 bridgehead atoms. The number of ether oxygens (including phenoxy) is 2. The average molecular weight is 499 g/mol. The van der Waals surface area contributed by atoms with Gasteiger partial charge in [-0.05, 0) is 25.0 Å². The molecule has 2 N–H and O–H groups in total. The largest absolute Gasteiger partial charge is 0.381 e. The Kier molecular flexibility index (Phi) is 10.3. The van der Waals surface area contributed by atoms with Gasteiger partial charge in [0.2, 0.25) is 0 Å². The molecule has 1 aromatic heterocycles. The quantitative estimate of drug-likeness (QED) is 0.240. The van der Waals surface area contributed by atoms with Crippen LogP contribution >= 0.6 is 24.0 Å². The van der Waals surface area contributed by atoms with Crippen molar-refractivity contribution in [3.8, 4) is 5.69 Å². The monoisotopic (exact) mass is 499 g/mol. The van der Waals surface area contributed by atoms with Gasteiger partial charge in [0.15, 0.2) is 5.96 Å². The van der Waals surface area contributed by atoms with Gasteiger partial charge in [0.25, 0.3) is 0 Å². The highest BCUT2D eigenvalue weighted by atomic mass is 127. The molecule has 1 fully saturated rings. The summed E-state index contributed by atoms with van der Waals surface area (Å²) >= 11 is 0. The van der Waals surface area contributed by atoms with E-state index in [4.69, 9.17) is 9.47 Å². The molecule has 1 unspecified atom stereocenters. The van der Waals surface area contributed by atoms with Gasteiger partial charge in [0.05, 0.1) is 25.1 Å². The molecule has 0 amide bonds. The van der Waals surface area contributed by atoms with Crippen LogP contribution in [0.2, 0.25) is 0 Å². The predicted octanol–water partition coefficient (Wildman–Crippen LogP) is 2.60. The molecule has 0 spiro atoms. The number of hydrogen-bond acceptors (Lipinski definition) is 4. The Hall–Kier alpha value is -1.65. The lowest BCUT2D eigenvalue weighted by atomic mass is 10.1. The molecule has 0 saturated carbocycles. The van der Waals surface area contributed by atoms with E-state index in [0.717, 1.165) is 63.0 Å². The van der Waals surface area contributed by atoms with Gasteiger partial charge in [-0.15, -0.1) is 24.0 Å². The molecule has 1 aromatic carbocycles. The summed E-state index contributed by atoms with van der Waals surface area (Å²) in [6.45, 7) is 4.77. The van der Waals surface area contributed by atoms with Crippen LogP contribution < -0.4 is 10.6 Å². The van der Waals surface area contributed by atoms with Gasteiger partial charge in [-0.25, -0.2) is 4.68 Å². The van der Waals surface area contributed by atoms with Crippen LogP contribution in [0.5, 0.6) is 0 Å². The Morgan fingerprint density at radius 3 is 2.93 bits per heavy atom. The summed E-state index contributed by atoms with van der Waals surface area (Å²) in [5.74, 6) is 1.36. The van der Waals surface area contributed by atoms with Gasteiger partial charge in [-0.1, -0.05) is 18.2 Å². The second-order valence-electron chi connectivity index (χ2n) is 6.64. The summed E-state index contributed by atoms with van der Waals surface area (Å²) in [6, 6.07) is 10.1. The van der Waals surface area contributed by atoms with Crippen LogP contribution in [0.3, 0.4) is 0 Å². The van der Waals surface area contributed by atoms with Crippen LogP contribution in [0.25, 0.3) is 5.69 Å². The lowest BCUT2D eigenvalue weighted by molar-refractivity contribution is 0.0888. The van der Waals surface area contributed by atoms with Crippen LogP contribution in [-0.2, 0) is 16.0 Å². The van der Waals surface area contributed by atoms with Crippen LogP contribution in [0.4, 0.5) is 0 Å². The van der Waals surface area contributed by atoms with Crippen molar-refractivity contribution in [3.05, 3.63) is 48.3 Å². The van der Waals surface area contributed by atoms with Crippen molar-refractivity contribution in [2.75, 3.05) is 40.0 Å². The summed E-state index contributed by atoms with van der Waals surface area (Å²) in [6.07, 6.45) is 5.96. The van der Waals surface area contributed by atoms with Crippen LogP contribution in [-0.4, -0.2) is 55.8 Å². The molecule has 0 radical (unpaired) electrons. The van der Waals surface area contributed by atoms with Crippen molar-refractivity contribution in [2.45, 2.75) is 19.4 Å². The van der Waals surface area contributed by atoms with Gasteiger partial charge in [-0.2, -0.15) is 5.10 Å². The first-order valence-corrected chi connectivity index (χ1v) is 9.54. The first-order chi connectivity index (χ1) is 13.3. The van der Waals surface area contributed by atoms with Crippen molar-refractivity contribution in [1.82, 2.24) is 20.4 Å². The molecule has 1 aliphatic heterocycles. The number of hydrogen-bond donors (Lipinski definition) is 2. The maximum Gasteiger partial charge on any atom is 0.191 e. The Morgan fingerprint density at radius 2 is 2.18 bits per heavy atom. The average Bonchev–Trinajstić information content (AvgIpc) is 3.39. The third-order valence-electron chi connectivity index (χ3n) is 4.48. The fourth-order valence-corrected chi connectivity index (χ4v) is 2.93. The number of benzene rings is 1. The van der Waals surface area contributed by atoms with Crippen molar-refractivity contribution < 1.29 is 9.47 Å². The Bertz CT molecular complexity index is 702. The van der Waals surface area contributed by atoms with Crippen molar-refractivity contribution in [3.63, 3.8) is 0 Å². The van der Waals surface area contributed by atoms with E-state index in [9.17, 15) is 0 Å². The van der Waals surface area contributed by atoms with Crippen LogP contribution in [0.15, 0.2) is 47.7 Å². The molecular weight excluding hydrogens is 469 g/mol. The Labute approximate surface area is 183 Å². The zero-order valence-electron chi connectivity index (χ0n) is 16.3. The molecule has 2 aromatic rings. The van der Waals surface area contributed by atoms with Gasteiger partial charge in [-0.3, -0.25) is 4.99 Å². The Balaban J connectivity index is 0.00000280. The minimum absolute atomic E-state index is 0. The highest BCUT2D eigenvalue weighted by molar-refractivity contribution is 14.0. The molecule has 2 heterocycles. The van der Waals surface area contributed by atoms with Crippen molar-refractivity contribution in [2.24, 2.45) is 10.9 Å². The van der Waals surface area contributed by atoms with E-state index in [-0.39, 0.29) is 24.0 Å². The number of guanidine groups is 1. The number of para-hydroxylation sites is 1. The van der Waals surface area contributed by atoms with E-state index in [2.05, 4.69) is 20.7 Å². The zero-order valence-corrected chi connectivity index (χ0v) is 18.7. The zero-order chi connectivity index (χ0) is 18.7. The maximum absolute atomic E-state index is 5.72. The maximum atomic E-state index is 5.72. The number of aliphatic imine (C=N–C) groups is 1. The first kappa shape index (κ1) is 22.6. The smallest absolute Gasteiger partial charge is 0.191 e. The first-order valence-electron chi connectivity index (χ1n) is 9.54. The molecule has 0 aliphatic carbocycles. The summed E-state index contributed by atoms with van der Waals surface area (Å²) in [5, 5.41) is 11.0. The predicted molar refractivity (Wildman–Crippen MR) is 122 cm³/mol. The highest BCUT2D eigenvalue weighted by Gasteiger charge is 2.15.